The van der Waals surface area contributed by atoms with Crippen LogP contribution in [0, 0.1) is 5.92 Å². The molecule has 152 valence electrons. The van der Waals surface area contributed by atoms with E-state index in [1.165, 1.54) is 43.5 Å². The van der Waals surface area contributed by atoms with Gasteiger partial charge in [-0.15, -0.1) is 24.0 Å². The summed E-state index contributed by atoms with van der Waals surface area (Å²) in [5.41, 5.74) is 2.84. The van der Waals surface area contributed by atoms with Crippen LogP contribution >= 0.6 is 24.0 Å². The van der Waals surface area contributed by atoms with Crippen LogP contribution in [0.4, 0.5) is 0 Å². The van der Waals surface area contributed by atoms with Crippen molar-refractivity contribution < 1.29 is 0 Å². The van der Waals surface area contributed by atoms with Crippen molar-refractivity contribution in [3.05, 3.63) is 35.4 Å². The number of likely N-dealkylation sites (tertiary alicyclic amines) is 1. The van der Waals surface area contributed by atoms with E-state index in [0.717, 1.165) is 43.9 Å². The quantitative estimate of drug-likeness (QED) is 0.254. The highest BCUT2D eigenvalue weighted by Gasteiger charge is 2.34. The van der Waals surface area contributed by atoms with Gasteiger partial charge >= 0.3 is 0 Å². The lowest BCUT2D eigenvalue weighted by molar-refractivity contribution is 0.314. The molecule has 0 spiro atoms. The topological polar surface area (TPSA) is 39.7 Å². The van der Waals surface area contributed by atoms with Crippen molar-refractivity contribution in [3.8, 4) is 0 Å². The molecule has 5 heteroatoms. The van der Waals surface area contributed by atoms with Crippen LogP contribution < -0.4 is 10.6 Å². The summed E-state index contributed by atoms with van der Waals surface area (Å²) in [4.78, 5) is 7.05. The Morgan fingerprint density at radius 3 is 2.52 bits per heavy atom. The Bertz CT molecular complexity index is 580. The molecule has 3 rings (SSSR count). The maximum atomic E-state index is 4.37. The Kier molecular flexibility index (Phi) is 9.36. The summed E-state index contributed by atoms with van der Waals surface area (Å²) < 4.78 is 0. The van der Waals surface area contributed by atoms with Crippen LogP contribution in [0.25, 0.3) is 0 Å². The molecule has 1 aliphatic heterocycles. The third-order valence-corrected chi connectivity index (χ3v) is 5.74. The van der Waals surface area contributed by atoms with E-state index in [-0.39, 0.29) is 24.0 Å². The van der Waals surface area contributed by atoms with Crippen LogP contribution in [0.5, 0.6) is 0 Å². The molecule has 0 aromatic heterocycles. The zero-order valence-electron chi connectivity index (χ0n) is 17.2. The van der Waals surface area contributed by atoms with Crippen LogP contribution in [0.15, 0.2) is 29.3 Å². The van der Waals surface area contributed by atoms with Crippen LogP contribution in [-0.4, -0.2) is 50.1 Å². The van der Waals surface area contributed by atoms with Crippen molar-refractivity contribution in [1.82, 2.24) is 15.5 Å². The first kappa shape index (κ1) is 22.5. The average Bonchev–Trinajstić information content (AvgIpc) is 3.40. The Hall–Kier alpha value is -0.820. The second-order valence-corrected chi connectivity index (χ2v) is 8.26. The molecule has 2 N–H and O–H groups in total. The molecule has 0 radical (unpaired) electrons. The van der Waals surface area contributed by atoms with E-state index < -0.39 is 0 Å². The standard InChI is InChI=1S/C22H36N4.HI/c1-17(2)20-8-6-18(7-9-20)5-4-13-24-22(23-3)25-15-19-12-14-26(16-19)21-10-11-21;/h6-9,17,19,21H,4-5,10-16H2,1-3H3,(H2,23,24,25);1H. The van der Waals surface area contributed by atoms with Crippen LogP contribution in [0.1, 0.15) is 56.6 Å². The van der Waals surface area contributed by atoms with Crippen LogP contribution in [0.2, 0.25) is 0 Å². The van der Waals surface area contributed by atoms with Gasteiger partial charge in [0.15, 0.2) is 5.96 Å². The largest absolute Gasteiger partial charge is 0.356 e. The molecule has 4 nitrogen and oxygen atoms in total. The average molecular weight is 484 g/mol. The van der Waals surface area contributed by atoms with Crippen molar-refractivity contribution >= 4 is 29.9 Å². The number of nitrogens with zero attached hydrogens (tertiary/aromatic N) is 2. The highest BCUT2D eigenvalue weighted by Crippen LogP contribution is 2.31. The van der Waals surface area contributed by atoms with E-state index in [1.54, 1.807) is 0 Å². The Morgan fingerprint density at radius 2 is 1.89 bits per heavy atom. The van der Waals surface area contributed by atoms with Crippen molar-refractivity contribution in [1.29, 1.82) is 0 Å². The predicted molar refractivity (Wildman–Crippen MR) is 126 cm³/mol. The molecule has 0 amide bonds. The summed E-state index contributed by atoms with van der Waals surface area (Å²) in [6, 6.07) is 9.98. The smallest absolute Gasteiger partial charge is 0.190 e. The highest BCUT2D eigenvalue weighted by molar-refractivity contribution is 14.0. The third kappa shape index (κ3) is 7.26. The lowest BCUT2D eigenvalue weighted by atomic mass is 10.0. The summed E-state index contributed by atoms with van der Waals surface area (Å²) in [5.74, 6) is 2.33. The molecule has 1 heterocycles. The normalized spacial score (nSPS) is 20.6. The number of guanidine groups is 1. The maximum Gasteiger partial charge on any atom is 0.190 e. The Labute approximate surface area is 182 Å². The fourth-order valence-corrected chi connectivity index (χ4v) is 3.83. The first-order valence-corrected chi connectivity index (χ1v) is 10.4. The van der Waals surface area contributed by atoms with Crippen LogP contribution in [-0.2, 0) is 6.42 Å². The second kappa shape index (κ2) is 11.2. The van der Waals surface area contributed by atoms with Crippen molar-refractivity contribution in [2.75, 3.05) is 33.2 Å². The van der Waals surface area contributed by atoms with Gasteiger partial charge in [-0.25, -0.2) is 0 Å². The number of hydrogen-bond acceptors (Lipinski definition) is 2. The molecule has 1 aromatic carbocycles. The SMILES string of the molecule is CN=C(NCCCc1ccc(C(C)C)cc1)NCC1CCN(C2CC2)C1.I. The van der Waals surface area contributed by atoms with Crippen molar-refractivity contribution in [2.24, 2.45) is 10.9 Å². The number of aryl methyl sites for hydroxylation is 1. The van der Waals surface area contributed by atoms with Gasteiger partial charge in [-0.05, 0) is 61.6 Å². The van der Waals surface area contributed by atoms with Gasteiger partial charge in [0.2, 0.25) is 0 Å². The lowest BCUT2D eigenvalue weighted by Gasteiger charge is -2.17. The van der Waals surface area contributed by atoms with E-state index >= 15 is 0 Å². The van der Waals surface area contributed by atoms with Gasteiger partial charge in [0.25, 0.3) is 0 Å². The monoisotopic (exact) mass is 484 g/mol. The zero-order valence-corrected chi connectivity index (χ0v) is 19.5. The first-order valence-electron chi connectivity index (χ1n) is 10.4. The summed E-state index contributed by atoms with van der Waals surface area (Å²) in [5, 5.41) is 6.99. The van der Waals surface area contributed by atoms with Gasteiger partial charge in [0, 0.05) is 32.7 Å². The van der Waals surface area contributed by atoms with E-state index in [2.05, 4.69) is 58.6 Å². The summed E-state index contributed by atoms with van der Waals surface area (Å²) in [6.07, 6.45) is 6.40. The summed E-state index contributed by atoms with van der Waals surface area (Å²) in [6.45, 7) is 9.04. The molecule has 1 aliphatic carbocycles. The first-order chi connectivity index (χ1) is 12.7. The van der Waals surface area contributed by atoms with E-state index in [4.69, 9.17) is 0 Å². The number of aliphatic imine (C=N–C) groups is 1. The van der Waals surface area contributed by atoms with Gasteiger partial charge in [-0.3, -0.25) is 4.99 Å². The molecule has 1 unspecified atom stereocenters. The number of rotatable bonds is 8. The minimum Gasteiger partial charge on any atom is -0.356 e. The molecule has 0 bridgehead atoms. The summed E-state index contributed by atoms with van der Waals surface area (Å²) >= 11 is 0. The molecule has 27 heavy (non-hydrogen) atoms. The molecule has 2 aliphatic rings. The lowest BCUT2D eigenvalue weighted by Crippen LogP contribution is -2.40. The summed E-state index contributed by atoms with van der Waals surface area (Å²) in [7, 11) is 1.87. The van der Waals surface area contributed by atoms with Crippen molar-refractivity contribution in [3.63, 3.8) is 0 Å². The third-order valence-electron chi connectivity index (χ3n) is 5.74. The number of halogens is 1. The van der Waals surface area contributed by atoms with Crippen LogP contribution in [0.3, 0.4) is 0 Å². The van der Waals surface area contributed by atoms with E-state index in [9.17, 15) is 0 Å². The Balaban J connectivity index is 0.00000261. The Morgan fingerprint density at radius 1 is 1.15 bits per heavy atom. The molecule has 2 fully saturated rings. The van der Waals surface area contributed by atoms with Gasteiger partial charge in [0.1, 0.15) is 0 Å². The molecule has 1 aromatic rings. The zero-order chi connectivity index (χ0) is 18.4. The molecule has 1 saturated carbocycles. The van der Waals surface area contributed by atoms with Gasteiger partial charge < -0.3 is 15.5 Å². The van der Waals surface area contributed by atoms with Crippen molar-refractivity contribution in [2.45, 2.75) is 57.9 Å². The van der Waals surface area contributed by atoms with E-state index in [1.807, 2.05) is 7.05 Å². The minimum atomic E-state index is 0. The number of nitrogens with one attached hydrogen (secondary N) is 2. The maximum absolute atomic E-state index is 4.37. The number of hydrogen-bond donors (Lipinski definition) is 2. The van der Waals surface area contributed by atoms with Gasteiger partial charge in [-0.2, -0.15) is 0 Å². The molecular formula is C22H37IN4. The van der Waals surface area contributed by atoms with E-state index in [0.29, 0.717) is 5.92 Å². The minimum absolute atomic E-state index is 0. The fraction of sp³-hybridized carbons (Fsp3) is 0.682. The van der Waals surface area contributed by atoms with Gasteiger partial charge in [0.05, 0.1) is 0 Å². The fourth-order valence-electron chi connectivity index (χ4n) is 3.83. The van der Waals surface area contributed by atoms with Gasteiger partial charge in [-0.1, -0.05) is 38.1 Å². The molecule has 1 saturated heterocycles. The predicted octanol–water partition coefficient (Wildman–Crippen LogP) is 4.01. The molecule has 1 atom stereocenters. The number of benzene rings is 1. The second-order valence-electron chi connectivity index (χ2n) is 8.26. The highest BCUT2D eigenvalue weighted by atomic mass is 127. The molecular weight excluding hydrogens is 447 g/mol.